The van der Waals surface area contributed by atoms with E-state index >= 15 is 0 Å². The number of rotatable bonds is 6. The summed E-state index contributed by atoms with van der Waals surface area (Å²) in [7, 11) is 0. The van der Waals surface area contributed by atoms with Crippen LogP contribution in [0, 0.1) is 6.92 Å². The number of ether oxygens (including phenoxy) is 2. The molecule has 0 aliphatic heterocycles. The molecule has 1 aromatic rings. The van der Waals surface area contributed by atoms with Crippen LogP contribution in [0.2, 0.25) is 0 Å². The first-order valence-electron chi connectivity index (χ1n) is 6.70. The molecule has 1 aromatic carbocycles. The van der Waals surface area contributed by atoms with Gasteiger partial charge in [0.15, 0.2) is 6.73 Å². The van der Waals surface area contributed by atoms with Crippen LogP contribution in [0.1, 0.15) is 12.5 Å². The summed E-state index contributed by atoms with van der Waals surface area (Å²) in [5, 5.41) is 2.48. The van der Waals surface area contributed by atoms with Crippen LogP contribution >= 0.6 is 0 Å². The highest BCUT2D eigenvalue weighted by atomic mass is 16.6. The van der Waals surface area contributed by atoms with E-state index in [0.29, 0.717) is 5.75 Å². The number of benzene rings is 1. The molecule has 0 aliphatic rings. The van der Waals surface area contributed by atoms with Gasteiger partial charge in [-0.3, -0.25) is 0 Å². The molecule has 1 rings (SSSR count). The summed E-state index contributed by atoms with van der Waals surface area (Å²) in [4.78, 5) is 24.4. The zero-order chi connectivity index (χ0) is 15.7. The highest BCUT2D eigenvalue weighted by Crippen LogP contribution is 2.10. The number of hydrogen-bond acceptors (Lipinski definition) is 5. The third-order valence-corrected chi connectivity index (χ3v) is 2.57. The minimum atomic E-state index is -0.726. The smallest absolute Gasteiger partial charge is 0.418 e. The second kappa shape index (κ2) is 8.80. The Morgan fingerprint density at radius 3 is 2.52 bits per heavy atom. The largest absolute Gasteiger partial charge is 0.473 e. The summed E-state index contributed by atoms with van der Waals surface area (Å²) in [5.74, 6) is 0.627. The molecule has 3 N–H and O–H groups in total. The summed E-state index contributed by atoms with van der Waals surface area (Å²) in [6.45, 7) is 4.00. The number of amides is 3. The summed E-state index contributed by atoms with van der Waals surface area (Å²) >= 11 is 0. The highest BCUT2D eigenvalue weighted by Gasteiger charge is 2.21. The first kappa shape index (κ1) is 16.8. The number of carbonyl (C=O) groups is 2. The first-order valence-corrected chi connectivity index (χ1v) is 6.70. The van der Waals surface area contributed by atoms with Crippen molar-refractivity contribution in [2.24, 2.45) is 5.73 Å². The molecule has 0 atom stereocenters. The van der Waals surface area contributed by atoms with Crippen LogP contribution in [0.3, 0.4) is 0 Å². The molecule has 0 aromatic heterocycles. The van der Waals surface area contributed by atoms with Gasteiger partial charge < -0.3 is 20.5 Å². The molecule has 0 heterocycles. The van der Waals surface area contributed by atoms with Gasteiger partial charge in [-0.05, 0) is 26.0 Å². The van der Waals surface area contributed by atoms with Crippen molar-refractivity contribution >= 4 is 12.1 Å². The highest BCUT2D eigenvalue weighted by molar-refractivity contribution is 5.90. The van der Waals surface area contributed by atoms with Crippen LogP contribution in [-0.4, -0.2) is 43.5 Å². The lowest BCUT2D eigenvalue weighted by molar-refractivity contribution is 0.113. The Morgan fingerprint density at radius 2 is 1.95 bits per heavy atom. The van der Waals surface area contributed by atoms with Crippen molar-refractivity contribution in [1.82, 2.24) is 10.2 Å². The molecular weight excluding hydrogens is 274 g/mol. The SMILES string of the molecule is CCOC(=O)N(CCN)C(=O)NCOc1ccc(C)cc1. The van der Waals surface area contributed by atoms with Crippen molar-refractivity contribution in [2.75, 3.05) is 26.4 Å². The second-order valence-electron chi connectivity index (χ2n) is 4.22. The molecule has 7 heteroatoms. The molecule has 0 fully saturated rings. The van der Waals surface area contributed by atoms with Crippen molar-refractivity contribution in [1.29, 1.82) is 0 Å². The van der Waals surface area contributed by atoms with Crippen molar-refractivity contribution < 1.29 is 19.1 Å². The van der Waals surface area contributed by atoms with Crippen molar-refractivity contribution in [3.63, 3.8) is 0 Å². The Hall–Kier alpha value is -2.28. The first-order chi connectivity index (χ1) is 10.1. The van der Waals surface area contributed by atoms with Crippen molar-refractivity contribution in [2.45, 2.75) is 13.8 Å². The molecule has 0 unspecified atom stereocenters. The lowest BCUT2D eigenvalue weighted by atomic mass is 10.2. The van der Waals surface area contributed by atoms with E-state index in [2.05, 4.69) is 5.32 Å². The van der Waals surface area contributed by atoms with Crippen LogP contribution in [0.5, 0.6) is 5.75 Å². The number of hydrogen-bond donors (Lipinski definition) is 2. The number of nitrogens with two attached hydrogens (primary N) is 1. The quantitative estimate of drug-likeness (QED) is 0.775. The molecule has 21 heavy (non-hydrogen) atoms. The minimum Gasteiger partial charge on any atom is -0.473 e. The Labute approximate surface area is 124 Å². The number of carbonyl (C=O) groups excluding carboxylic acids is 2. The maximum absolute atomic E-state index is 11.9. The fourth-order valence-electron chi connectivity index (χ4n) is 1.52. The van der Waals surface area contributed by atoms with Gasteiger partial charge in [0.1, 0.15) is 5.75 Å². The van der Waals surface area contributed by atoms with E-state index in [1.807, 2.05) is 19.1 Å². The number of aryl methyl sites for hydroxylation is 1. The summed E-state index contributed by atoms with van der Waals surface area (Å²) in [6, 6.07) is 6.79. The predicted molar refractivity (Wildman–Crippen MR) is 78.0 cm³/mol. The van der Waals surface area contributed by atoms with Gasteiger partial charge in [0.2, 0.25) is 0 Å². The van der Waals surface area contributed by atoms with Crippen molar-refractivity contribution in [3.8, 4) is 5.75 Å². The second-order valence-corrected chi connectivity index (χ2v) is 4.22. The van der Waals surface area contributed by atoms with Gasteiger partial charge in [0.25, 0.3) is 0 Å². The third-order valence-electron chi connectivity index (χ3n) is 2.57. The molecule has 0 spiro atoms. The maximum atomic E-state index is 11.9. The summed E-state index contributed by atoms with van der Waals surface area (Å²) < 4.78 is 10.1. The van der Waals surface area contributed by atoms with Crippen molar-refractivity contribution in [3.05, 3.63) is 29.8 Å². The van der Waals surface area contributed by atoms with Crippen LogP contribution < -0.4 is 15.8 Å². The molecule has 0 saturated carbocycles. The predicted octanol–water partition coefficient (Wildman–Crippen LogP) is 1.46. The molecule has 0 aliphatic carbocycles. The molecule has 0 saturated heterocycles. The Balaban J connectivity index is 2.45. The van der Waals surface area contributed by atoms with E-state index < -0.39 is 12.1 Å². The zero-order valence-electron chi connectivity index (χ0n) is 12.3. The van der Waals surface area contributed by atoms with Crippen LogP contribution in [0.4, 0.5) is 9.59 Å². The van der Waals surface area contributed by atoms with E-state index in [-0.39, 0.29) is 26.4 Å². The molecule has 7 nitrogen and oxygen atoms in total. The molecule has 3 amide bonds. The van der Waals surface area contributed by atoms with E-state index in [9.17, 15) is 9.59 Å². The maximum Gasteiger partial charge on any atom is 0.418 e. The van der Waals surface area contributed by atoms with Gasteiger partial charge in [0.05, 0.1) is 6.61 Å². The normalized spacial score (nSPS) is 9.86. The number of urea groups is 1. The van der Waals surface area contributed by atoms with Crippen LogP contribution in [-0.2, 0) is 4.74 Å². The third kappa shape index (κ3) is 5.70. The number of nitrogens with zero attached hydrogens (tertiary/aromatic N) is 1. The Morgan fingerprint density at radius 1 is 1.29 bits per heavy atom. The van der Waals surface area contributed by atoms with Gasteiger partial charge in [0, 0.05) is 13.1 Å². The van der Waals surface area contributed by atoms with Gasteiger partial charge in [-0.15, -0.1) is 0 Å². The average Bonchev–Trinajstić information content (AvgIpc) is 2.47. The van der Waals surface area contributed by atoms with Gasteiger partial charge in [-0.1, -0.05) is 17.7 Å². The average molecular weight is 295 g/mol. The van der Waals surface area contributed by atoms with E-state index in [0.717, 1.165) is 10.5 Å². The van der Waals surface area contributed by atoms with Crippen LogP contribution in [0.25, 0.3) is 0 Å². The Kier molecular flexibility index (Phi) is 7.03. The Bertz CT molecular complexity index is 462. The molecular formula is C14H21N3O4. The fourth-order valence-corrected chi connectivity index (χ4v) is 1.52. The lowest BCUT2D eigenvalue weighted by Crippen LogP contribution is -2.47. The summed E-state index contributed by atoms with van der Waals surface area (Å²) in [5.41, 5.74) is 6.49. The van der Waals surface area contributed by atoms with E-state index in [1.165, 1.54) is 0 Å². The summed E-state index contributed by atoms with van der Waals surface area (Å²) in [6.07, 6.45) is -0.726. The van der Waals surface area contributed by atoms with Gasteiger partial charge >= 0.3 is 12.1 Å². The fraction of sp³-hybridized carbons (Fsp3) is 0.429. The number of nitrogens with one attached hydrogen (secondary N) is 1. The van der Waals surface area contributed by atoms with Crippen LogP contribution in [0.15, 0.2) is 24.3 Å². The van der Waals surface area contributed by atoms with E-state index in [4.69, 9.17) is 15.2 Å². The monoisotopic (exact) mass is 295 g/mol. The minimum absolute atomic E-state index is 0.0532. The molecule has 0 radical (unpaired) electrons. The standard InChI is InChI=1S/C14H21N3O4/c1-3-20-14(19)17(9-8-15)13(18)16-10-21-12-6-4-11(2)5-7-12/h4-7H,3,8-10,15H2,1-2H3,(H,16,18). The number of imide groups is 1. The van der Waals surface area contributed by atoms with Gasteiger partial charge in [-0.2, -0.15) is 0 Å². The van der Waals surface area contributed by atoms with E-state index in [1.54, 1.807) is 19.1 Å². The van der Waals surface area contributed by atoms with Gasteiger partial charge in [-0.25, -0.2) is 14.5 Å². The molecule has 0 bridgehead atoms. The topological polar surface area (TPSA) is 93.9 Å². The lowest BCUT2D eigenvalue weighted by Gasteiger charge is -2.19. The zero-order valence-corrected chi connectivity index (χ0v) is 12.3. The molecule has 116 valence electrons.